The van der Waals surface area contributed by atoms with E-state index >= 15 is 0 Å². The van der Waals surface area contributed by atoms with Crippen LogP contribution in [-0.4, -0.2) is 24.0 Å². The summed E-state index contributed by atoms with van der Waals surface area (Å²) in [5.41, 5.74) is 1.26. The van der Waals surface area contributed by atoms with Crippen LogP contribution >= 0.6 is 11.8 Å². The van der Waals surface area contributed by atoms with Crippen LogP contribution in [-0.2, 0) is 0 Å². The molecule has 2 atom stereocenters. The van der Waals surface area contributed by atoms with Crippen LogP contribution in [0.1, 0.15) is 25.5 Å². The SMILES string of the molecule is CSc1ccc(C(C)NCC(C)O)cc1. The fraction of sp³-hybridized carbons (Fsp3) is 0.500. The van der Waals surface area contributed by atoms with Crippen molar-refractivity contribution >= 4 is 11.8 Å². The molecule has 0 saturated carbocycles. The predicted octanol–water partition coefficient (Wildman–Crippen LogP) is 2.44. The summed E-state index contributed by atoms with van der Waals surface area (Å²) in [5.74, 6) is 0. The Morgan fingerprint density at radius 3 is 2.33 bits per heavy atom. The van der Waals surface area contributed by atoms with Gasteiger partial charge < -0.3 is 10.4 Å². The molecule has 0 amide bonds. The molecule has 2 unspecified atom stereocenters. The Balaban J connectivity index is 2.54. The number of nitrogens with one attached hydrogen (secondary N) is 1. The highest BCUT2D eigenvalue weighted by Gasteiger charge is 2.05. The van der Waals surface area contributed by atoms with Gasteiger partial charge in [-0.3, -0.25) is 0 Å². The standard InChI is InChI=1S/C12H19NOS/c1-9(14)8-13-10(2)11-4-6-12(15-3)7-5-11/h4-7,9-10,13-14H,8H2,1-3H3. The van der Waals surface area contributed by atoms with E-state index in [1.165, 1.54) is 10.5 Å². The first kappa shape index (κ1) is 12.6. The van der Waals surface area contributed by atoms with Crippen molar-refractivity contribution in [3.63, 3.8) is 0 Å². The van der Waals surface area contributed by atoms with Gasteiger partial charge in [0.15, 0.2) is 0 Å². The molecule has 2 nitrogen and oxygen atoms in total. The minimum absolute atomic E-state index is 0.288. The number of rotatable bonds is 5. The monoisotopic (exact) mass is 225 g/mol. The van der Waals surface area contributed by atoms with Gasteiger partial charge in [-0.15, -0.1) is 11.8 Å². The second-order valence-electron chi connectivity index (χ2n) is 3.75. The summed E-state index contributed by atoms with van der Waals surface area (Å²) in [6.07, 6.45) is 1.78. The maximum Gasteiger partial charge on any atom is 0.0636 e. The molecule has 84 valence electrons. The van der Waals surface area contributed by atoms with Gasteiger partial charge in [-0.2, -0.15) is 0 Å². The number of aliphatic hydroxyl groups excluding tert-OH is 1. The molecule has 0 aromatic heterocycles. The highest BCUT2D eigenvalue weighted by Crippen LogP contribution is 2.18. The van der Waals surface area contributed by atoms with Gasteiger partial charge in [-0.1, -0.05) is 12.1 Å². The maximum atomic E-state index is 9.16. The first-order valence-corrected chi connectivity index (χ1v) is 6.41. The average Bonchev–Trinajstić information content (AvgIpc) is 2.26. The Hall–Kier alpha value is -0.510. The largest absolute Gasteiger partial charge is 0.392 e. The van der Waals surface area contributed by atoms with Gasteiger partial charge in [0, 0.05) is 17.5 Å². The molecule has 0 aliphatic rings. The minimum Gasteiger partial charge on any atom is -0.392 e. The summed E-state index contributed by atoms with van der Waals surface area (Å²) < 4.78 is 0. The average molecular weight is 225 g/mol. The molecule has 0 spiro atoms. The van der Waals surface area contributed by atoms with Crippen LogP contribution in [0.15, 0.2) is 29.2 Å². The van der Waals surface area contributed by atoms with Crippen molar-refractivity contribution in [1.82, 2.24) is 5.32 Å². The van der Waals surface area contributed by atoms with Crippen LogP contribution in [0.25, 0.3) is 0 Å². The predicted molar refractivity (Wildman–Crippen MR) is 66.3 cm³/mol. The first-order chi connectivity index (χ1) is 7.13. The molecule has 1 rings (SSSR count). The number of hydrogen-bond acceptors (Lipinski definition) is 3. The van der Waals surface area contributed by atoms with E-state index in [9.17, 15) is 0 Å². The van der Waals surface area contributed by atoms with Gasteiger partial charge in [-0.05, 0) is 37.8 Å². The molecule has 0 heterocycles. The zero-order chi connectivity index (χ0) is 11.3. The molecule has 0 aliphatic heterocycles. The quantitative estimate of drug-likeness (QED) is 0.755. The van der Waals surface area contributed by atoms with Crippen molar-refractivity contribution in [3.05, 3.63) is 29.8 Å². The lowest BCUT2D eigenvalue weighted by Crippen LogP contribution is -2.27. The van der Waals surface area contributed by atoms with Gasteiger partial charge in [0.05, 0.1) is 6.10 Å². The van der Waals surface area contributed by atoms with E-state index in [0.29, 0.717) is 6.54 Å². The lowest BCUT2D eigenvalue weighted by molar-refractivity contribution is 0.187. The Kier molecular flexibility index (Phi) is 5.15. The zero-order valence-corrected chi connectivity index (χ0v) is 10.3. The van der Waals surface area contributed by atoms with E-state index in [2.05, 4.69) is 42.8 Å². The van der Waals surface area contributed by atoms with E-state index in [-0.39, 0.29) is 12.1 Å². The summed E-state index contributed by atoms with van der Waals surface area (Å²) in [6.45, 7) is 4.53. The first-order valence-electron chi connectivity index (χ1n) is 5.19. The minimum atomic E-state index is -0.294. The zero-order valence-electron chi connectivity index (χ0n) is 9.53. The van der Waals surface area contributed by atoms with Crippen molar-refractivity contribution in [1.29, 1.82) is 0 Å². The maximum absolute atomic E-state index is 9.16. The summed E-state index contributed by atoms with van der Waals surface area (Å²) in [7, 11) is 0. The van der Waals surface area contributed by atoms with Crippen LogP contribution < -0.4 is 5.32 Å². The number of thioether (sulfide) groups is 1. The highest BCUT2D eigenvalue weighted by atomic mass is 32.2. The van der Waals surface area contributed by atoms with Crippen molar-refractivity contribution in [2.45, 2.75) is 30.9 Å². The fourth-order valence-electron chi connectivity index (χ4n) is 1.36. The third-order valence-electron chi connectivity index (χ3n) is 2.34. The summed E-state index contributed by atoms with van der Waals surface area (Å²) >= 11 is 1.75. The van der Waals surface area contributed by atoms with E-state index in [1.54, 1.807) is 18.7 Å². The van der Waals surface area contributed by atoms with E-state index in [4.69, 9.17) is 5.11 Å². The molecule has 15 heavy (non-hydrogen) atoms. The summed E-state index contributed by atoms with van der Waals surface area (Å²) in [4.78, 5) is 1.28. The van der Waals surface area contributed by atoms with Crippen LogP contribution in [0.4, 0.5) is 0 Å². The van der Waals surface area contributed by atoms with Crippen molar-refractivity contribution in [2.24, 2.45) is 0 Å². The van der Waals surface area contributed by atoms with Gasteiger partial charge in [-0.25, -0.2) is 0 Å². The molecule has 0 aliphatic carbocycles. The normalized spacial score (nSPS) is 14.9. The molecular weight excluding hydrogens is 206 g/mol. The molecule has 1 aromatic rings. The van der Waals surface area contributed by atoms with Crippen LogP contribution in [0.5, 0.6) is 0 Å². The van der Waals surface area contributed by atoms with Crippen LogP contribution in [0, 0.1) is 0 Å². The van der Waals surface area contributed by atoms with Gasteiger partial charge >= 0.3 is 0 Å². The smallest absolute Gasteiger partial charge is 0.0636 e. The summed E-state index contributed by atoms with van der Waals surface area (Å²) in [6, 6.07) is 8.80. The van der Waals surface area contributed by atoms with Crippen molar-refractivity contribution in [2.75, 3.05) is 12.8 Å². The lowest BCUT2D eigenvalue weighted by Gasteiger charge is -2.15. The molecular formula is C12H19NOS. The molecule has 2 N–H and O–H groups in total. The van der Waals surface area contributed by atoms with E-state index < -0.39 is 0 Å². The third-order valence-corrected chi connectivity index (χ3v) is 3.08. The van der Waals surface area contributed by atoms with Crippen molar-refractivity contribution in [3.8, 4) is 0 Å². The Bertz CT molecular complexity index is 284. The van der Waals surface area contributed by atoms with Crippen LogP contribution in [0.2, 0.25) is 0 Å². The Morgan fingerprint density at radius 2 is 1.87 bits per heavy atom. The molecule has 1 aromatic carbocycles. The summed E-state index contributed by atoms with van der Waals surface area (Å²) in [5, 5.41) is 12.4. The number of aliphatic hydroxyl groups is 1. The molecule has 0 radical (unpaired) electrons. The second kappa shape index (κ2) is 6.16. The van der Waals surface area contributed by atoms with Crippen molar-refractivity contribution < 1.29 is 5.11 Å². The van der Waals surface area contributed by atoms with E-state index in [0.717, 1.165) is 0 Å². The van der Waals surface area contributed by atoms with Gasteiger partial charge in [0.1, 0.15) is 0 Å². The van der Waals surface area contributed by atoms with Gasteiger partial charge in [0.2, 0.25) is 0 Å². The Morgan fingerprint density at radius 1 is 1.27 bits per heavy atom. The number of hydrogen-bond donors (Lipinski definition) is 2. The van der Waals surface area contributed by atoms with Gasteiger partial charge in [0.25, 0.3) is 0 Å². The van der Waals surface area contributed by atoms with Crippen LogP contribution in [0.3, 0.4) is 0 Å². The molecule has 3 heteroatoms. The highest BCUT2D eigenvalue weighted by molar-refractivity contribution is 7.98. The molecule has 0 bridgehead atoms. The van der Waals surface area contributed by atoms with E-state index in [1.807, 2.05) is 0 Å². The number of benzene rings is 1. The second-order valence-corrected chi connectivity index (χ2v) is 4.63. The lowest BCUT2D eigenvalue weighted by atomic mass is 10.1. The molecule has 0 saturated heterocycles. The third kappa shape index (κ3) is 4.24. The topological polar surface area (TPSA) is 32.3 Å². The molecule has 0 fully saturated rings. The fourth-order valence-corrected chi connectivity index (χ4v) is 1.77. The Labute approximate surface area is 96.1 Å².